The fraction of sp³-hybridized carbons (Fsp3) is 0.633. The average Bonchev–Trinajstić information content (AvgIpc) is 3.23. The van der Waals surface area contributed by atoms with Gasteiger partial charge in [0.15, 0.2) is 0 Å². The number of nitrogens with one attached hydrogen (secondary N) is 2. The zero-order valence-corrected chi connectivity index (χ0v) is 24.7. The van der Waals surface area contributed by atoms with Gasteiger partial charge in [0.05, 0.1) is 16.7 Å². The molecule has 0 radical (unpaired) electrons. The van der Waals surface area contributed by atoms with Crippen LogP contribution >= 0.6 is 11.9 Å². The Balaban J connectivity index is 1.69. The smallest absolute Gasteiger partial charge is 0.389 e. The predicted molar refractivity (Wildman–Crippen MR) is 152 cm³/mol. The number of aliphatic hydroxyl groups is 1. The molecule has 6 nitrogen and oxygen atoms in total. The van der Waals surface area contributed by atoms with Gasteiger partial charge in [-0.1, -0.05) is 25.3 Å². The van der Waals surface area contributed by atoms with Crippen molar-refractivity contribution in [1.29, 1.82) is 0 Å². The van der Waals surface area contributed by atoms with Gasteiger partial charge < -0.3 is 19.7 Å². The van der Waals surface area contributed by atoms with Crippen LogP contribution in [0.25, 0.3) is 11.3 Å². The van der Waals surface area contributed by atoms with Crippen LogP contribution in [-0.2, 0) is 17.5 Å². The fourth-order valence-electron chi connectivity index (χ4n) is 5.38. The van der Waals surface area contributed by atoms with Gasteiger partial charge >= 0.3 is 6.18 Å². The molecule has 1 amide bonds. The number of carbonyl (C=O) groups excluding carboxylic acids is 1. The second-order valence-corrected chi connectivity index (χ2v) is 12.7. The highest BCUT2D eigenvalue weighted by Gasteiger charge is 2.35. The van der Waals surface area contributed by atoms with E-state index in [0.717, 1.165) is 56.2 Å². The van der Waals surface area contributed by atoms with Crippen molar-refractivity contribution < 1.29 is 27.8 Å². The summed E-state index contributed by atoms with van der Waals surface area (Å²) in [5.41, 5.74) is 0.491. The normalized spacial score (nSPS) is 18.6. The van der Waals surface area contributed by atoms with Crippen molar-refractivity contribution in [2.24, 2.45) is 5.92 Å². The van der Waals surface area contributed by atoms with Gasteiger partial charge in [0, 0.05) is 48.1 Å². The number of nitrogens with zero attached hydrogens (tertiary/aromatic N) is 1. The molecule has 1 aliphatic heterocycles. The van der Waals surface area contributed by atoms with Crippen LogP contribution in [0.2, 0.25) is 0 Å². The van der Waals surface area contributed by atoms with Crippen LogP contribution in [-0.4, -0.2) is 46.5 Å². The van der Waals surface area contributed by atoms with Gasteiger partial charge in [-0.3, -0.25) is 9.52 Å². The van der Waals surface area contributed by atoms with E-state index in [0.29, 0.717) is 42.5 Å². The molecule has 2 heterocycles. The number of hydrogen-bond donors (Lipinski definition) is 3. The maximum absolute atomic E-state index is 14.3. The lowest BCUT2D eigenvalue weighted by molar-refractivity contribution is -0.139. The van der Waals surface area contributed by atoms with Crippen LogP contribution in [0.5, 0.6) is 0 Å². The molecule has 1 saturated heterocycles. The first kappa shape index (κ1) is 30.9. The Morgan fingerprint density at radius 2 is 1.80 bits per heavy atom. The highest BCUT2D eigenvalue weighted by atomic mass is 32.2. The minimum absolute atomic E-state index is 0.0257. The van der Waals surface area contributed by atoms with Crippen LogP contribution in [0.15, 0.2) is 29.2 Å². The first-order chi connectivity index (χ1) is 18.8. The SMILES string of the molecule is Cc1c(C(=O)NC2CCOCC2)cc(-c2ccc(SNC(C)C(C)(C)O)c(C(F)(F)F)c2)n1CC1CCCCC1. The average molecular weight is 582 g/mol. The van der Waals surface area contributed by atoms with Gasteiger partial charge in [-0.05, 0) is 95.0 Å². The number of carbonyl (C=O) groups is 1. The van der Waals surface area contributed by atoms with Crippen molar-refractivity contribution >= 4 is 17.9 Å². The monoisotopic (exact) mass is 581 g/mol. The standard InChI is InChI=1S/C30H42F3N3O3S/c1-19-24(28(37)34-23-12-14-39-15-13-23)17-26(36(19)18-21-8-6-5-7-9-21)22-10-11-27(25(16-22)30(31,32)33)40-35-20(2)29(3,4)38/h10-11,16-17,20-21,23,35,38H,5-9,12-15,18H2,1-4H3,(H,34,37). The van der Waals surface area contributed by atoms with Crippen LogP contribution in [0.4, 0.5) is 13.2 Å². The number of aromatic nitrogens is 1. The van der Waals surface area contributed by atoms with E-state index in [1.54, 1.807) is 32.9 Å². The molecule has 222 valence electrons. The van der Waals surface area contributed by atoms with Gasteiger partial charge in [-0.25, -0.2) is 0 Å². The van der Waals surface area contributed by atoms with Crippen LogP contribution in [0, 0.1) is 12.8 Å². The molecular weight excluding hydrogens is 539 g/mol. The minimum atomic E-state index is -4.57. The van der Waals surface area contributed by atoms with Crippen molar-refractivity contribution in [2.75, 3.05) is 13.2 Å². The zero-order chi connectivity index (χ0) is 29.1. The van der Waals surface area contributed by atoms with E-state index < -0.39 is 23.4 Å². The van der Waals surface area contributed by atoms with E-state index in [2.05, 4.69) is 10.0 Å². The summed E-state index contributed by atoms with van der Waals surface area (Å²) in [5, 5.41) is 13.3. The van der Waals surface area contributed by atoms with Crippen molar-refractivity contribution in [3.63, 3.8) is 0 Å². The molecule has 1 atom stereocenters. The Bertz CT molecular complexity index is 1160. The zero-order valence-electron chi connectivity index (χ0n) is 23.9. The number of amides is 1. The Morgan fingerprint density at radius 1 is 1.12 bits per heavy atom. The van der Waals surface area contributed by atoms with Crippen molar-refractivity contribution in [3.8, 4) is 11.3 Å². The minimum Gasteiger partial charge on any atom is -0.389 e. The van der Waals surface area contributed by atoms with E-state index >= 15 is 0 Å². The summed E-state index contributed by atoms with van der Waals surface area (Å²) in [5.74, 6) is 0.232. The second kappa shape index (κ2) is 12.9. The van der Waals surface area contributed by atoms with Gasteiger partial charge in [-0.2, -0.15) is 13.2 Å². The summed E-state index contributed by atoms with van der Waals surface area (Å²) in [6.07, 6.45) is 2.58. The lowest BCUT2D eigenvalue weighted by Crippen LogP contribution is -2.41. The summed E-state index contributed by atoms with van der Waals surface area (Å²) in [7, 11) is 0. The van der Waals surface area contributed by atoms with E-state index in [1.807, 2.05) is 11.5 Å². The topological polar surface area (TPSA) is 75.5 Å². The van der Waals surface area contributed by atoms with Crippen LogP contribution in [0.3, 0.4) is 0 Å². The Labute approximate surface area is 239 Å². The molecule has 0 spiro atoms. The van der Waals surface area contributed by atoms with Gasteiger partial charge in [0.25, 0.3) is 5.91 Å². The fourth-order valence-corrected chi connectivity index (χ4v) is 6.39. The van der Waals surface area contributed by atoms with E-state index in [1.165, 1.54) is 18.6 Å². The van der Waals surface area contributed by atoms with Crippen molar-refractivity contribution in [2.45, 2.75) is 108 Å². The van der Waals surface area contributed by atoms with Crippen molar-refractivity contribution in [3.05, 3.63) is 41.1 Å². The quantitative estimate of drug-likeness (QED) is 0.287. The third-order valence-electron chi connectivity index (χ3n) is 8.32. The summed E-state index contributed by atoms with van der Waals surface area (Å²) in [4.78, 5) is 13.4. The molecule has 2 fully saturated rings. The molecule has 10 heteroatoms. The van der Waals surface area contributed by atoms with Gasteiger partial charge in [-0.15, -0.1) is 0 Å². The molecule has 1 aromatic carbocycles. The molecule has 2 aliphatic rings. The van der Waals surface area contributed by atoms with Gasteiger partial charge in [0.1, 0.15) is 0 Å². The van der Waals surface area contributed by atoms with Crippen LogP contribution in [0.1, 0.15) is 87.3 Å². The molecule has 1 saturated carbocycles. The summed E-state index contributed by atoms with van der Waals surface area (Å²) in [6.45, 7) is 8.71. The summed E-state index contributed by atoms with van der Waals surface area (Å²) < 4.78 is 53.2. The number of hydrogen-bond acceptors (Lipinski definition) is 5. The highest BCUT2D eigenvalue weighted by Crippen LogP contribution is 2.40. The third kappa shape index (κ3) is 7.63. The third-order valence-corrected chi connectivity index (χ3v) is 9.37. The number of ether oxygens (including phenoxy) is 1. The molecule has 1 aliphatic carbocycles. The van der Waals surface area contributed by atoms with E-state index in [4.69, 9.17) is 4.74 Å². The molecule has 3 N–H and O–H groups in total. The summed E-state index contributed by atoms with van der Waals surface area (Å²) in [6, 6.07) is 5.69. The Morgan fingerprint density at radius 3 is 2.42 bits per heavy atom. The number of alkyl halides is 3. The Hall–Kier alpha value is -2.01. The highest BCUT2D eigenvalue weighted by molar-refractivity contribution is 7.97. The molecule has 0 bridgehead atoms. The lowest BCUT2D eigenvalue weighted by Gasteiger charge is -2.27. The van der Waals surface area contributed by atoms with Gasteiger partial charge in [0.2, 0.25) is 0 Å². The Kier molecular flexibility index (Phi) is 9.96. The number of rotatable bonds is 9. The molecule has 1 aromatic heterocycles. The molecule has 4 rings (SSSR count). The number of halogens is 3. The predicted octanol–water partition coefficient (Wildman–Crippen LogP) is 6.73. The molecule has 2 aromatic rings. The lowest BCUT2D eigenvalue weighted by atomic mass is 9.89. The van der Waals surface area contributed by atoms with E-state index in [9.17, 15) is 23.1 Å². The second-order valence-electron chi connectivity index (χ2n) is 11.8. The maximum Gasteiger partial charge on any atom is 0.417 e. The van der Waals surface area contributed by atoms with E-state index in [-0.39, 0.29) is 16.8 Å². The number of benzene rings is 1. The molecule has 40 heavy (non-hydrogen) atoms. The van der Waals surface area contributed by atoms with Crippen LogP contribution < -0.4 is 10.0 Å². The summed E-state index contributed by atoms with van der Waals surface area (Å²) >= 11 is 0.867. The molecular formula is C30H42F3N3O3S. The maximum atomic E-state index is 14.3. The molecule has 1 unspecified atom stereocenters. The van der Waals surface area contributed by atoms with Crippen molar-refractivity contribution in [1.82, 2.24) is 14.6 Å². The first-order valence-electron chi connectivity index (χ1n) is 14.3. The first-order valence-corrected chi connectivity index (χ1v) is 15.1. The largest absolute Gasteiger partial charge is 0.417 e.